The molecule has 1 aromatic carbocycles. The maximum Gasteiger partial charge on any atom is 0.205 e. The minimum Gasteiger partial charge on any atom is -0.414 e. The Morgan fingerprint density at radius 1 is 1.29 bits per heavy atom. The van der Waals surface area contributed by atoms with Gasteiger partial charge in [-0.05, 0) is 78.6 Å². The van der Waals surface area contributed by atoms with Crippen LogP contribution in [0.3, 0.4) is 0 Å². The maximum absolute atomic E-state index is 13.4. The van der Waals surface area contributed by atoms with Gasteiger partial charge in [0, 0.05) is 18.0 Å². The first-order valence-electron chi connectivity index (χ1n) is 8.47. The van der Waals surface area contributed by atoms with E-state index in [4.69, 9.17) is 4.43 Å². The molecule has 0 aliphatic carbocycles. The van der Waals surface area contributed by atoms with Crippen molar-refractivity contribution in [3.05, 3.63) is 27.7 Å². The quantitative estimate of drug-likeness (QED) is 0.304. The average Bonchev–Trinajstić information content (AvgIpc) is 2.77. The summed E-state index contributed by atoms with van der Waals surface area (Å²) in [6, 6.07) is 4.89. The Bertz CT molecular complexity index is 681. The van der Waals surface area contributed by atoms with Crippen LogP contribution in [0.1, 0.15) is 40.0 Å². The highest BCUT2D eigenvalue weighted by Crippen LogP contribution is 2.27. The van der Waals surface area contributed by atoms with Crippen molar-refractivity contribution in [3.8, 4) is 0 Å². The van der Waals surface area contributed by atoms with Crippen molar-refractivity contribution in [1.29, 1.82) is 0 Å². The van der Waals surface area contributed by atoms with E-state index in [9.17, 15) is 4.39 Å². The van der Waals surface area contributed by atoms with E-state index >= 15 is 0 Å². The van der Waals surface area contributed by atoms with Crippen LogP contribution >= 0.6 is 22.6 Å². The molecule has 0 fully saturated rings. The third-order valence-corrected chi connectivity index (χ3v) is 5.65. The Morgan fingerprint density at radius 2 is 2.00 bits per heavy atom. The first kappa shape index (κ1) is 19.8. The lowest BCUT2D eigenvalue weighted by Crippen LogP contribution is -2.33. The van der Waals surface area contributed by atoms with E-state index in [1.54, 1.807) is 6.07 Å². The van der Waals surface area contributed by atoms with Crippen molar-refractivity contribution in [2.24, 2.45) is 5.41 Å². The normalized spacial score (nSPS) is 13.8. The molecule has 133 valence electrons. The van der Waals surface area contributed by atoms with Crippen molar-refractivity contribution < 1.29 is 8.82 Å². The lowest BCUT2D eigenvalue weighted by atomic mass is 9.86. The first-order valence-corrected chi connectivity index (χ1v) is 12.0. The van der Waals surface area contributed by atoms with E-state index in [-0.39, 0.29) is 11.2 Å². The number of aromatic nitrogens is 2. The van der Waals surface area contributed by atoms with Gasteiger partial charge in [0.2, 0.25) is 9.04 Å². The van der Waals surface area contributed by atoms with Gasteiger partial charge in [0.1, 0.15) is 9.52 Å². The zero-order valence-corrected chi connectivity index (χ0v) is 18.4. The van der Waals surface area contributed by atoms with Crippen LogP contribution in [0.15, 0.2) is 18.2 Å². The van der Waals surface area contributed by atoms with Gasteiger partial charge >= 0.3 is 0 Å². The average molecular weight is 461 g/mol. The Hall–Kier alpha value is -0.473. The minimum atomic E-state index is -0.687. The number of fused-ring (bicyclic) bond motifs is 1. The third-order valence-electron chi connectivity index (χ3n) is 4.10. The molecule has 1 aromatic heterocycles. The predicted molar refractivity (Wildman–Crippen MR) is 108 cm³/mol. The molecule has 0 saturated carbocycles. The Labute approximate surface area is 159 Å². The number of hydrogen-bond donors (Lipinski definition) is 0. The second kappa shape index (κ2) is 8.27. The molecule has 6 heteroatoms. The molecule has 1 unspecified atom stereocenters. The molecule has 2 aromatic rings. The topological polar surface area (TPSA) is 27.1 Å². The summed E-state index contributed by atoms with van der Waals surface area (Å²) in [5.74, 6) is -0.207. The summed E-state index contributed by atoms with van der Waals surface area (Å²) in [6.45, 7) is 12.0. The van der Waals surface area contributed by atoms with Gasteiger partial charge < -0.3 is 4.43 Å². The number of aryl methyl sites for hydroxylation is 1. The van der Waals surface area contributed by atoms with Crippen LogP contribution in [0, 0.1) is 14.9 Å². The first-order chi connectivity index (χ1) is 11.2. The summed E-state index contributed by atoms with van der Waals surface area (Å²) < 4.78 is 22.4. The number of nitrogens with zero attached hydrogens (tertiary/aromatic N) is 2. The molecule has 0 amide bonds. The maximum atomic E-state index is 13.4. The van der Waals surface area contributed by atoms with Crippen LogP contribution in [0.2, 0.25) is 13.1 Å². The predicted octanol–water partition coefficient (Wildman–Crippen LogP) is 5.63. The van der Waals surface area contributed by atoms with E-state index in [0.717, 1.165) is 40.4 Å². The largest absolute Gasteiger partial charge is 0.414 e. The molecule has 0 N–H and O–H groups in total. The second-order valence-electron chi connectivity index (χ2n) is 7.55. The van der Waals surface area contributed by atoms with Gasteiger partial charge in [-0.25, -0.2) is 4.39 Å². The van der Waals surface area contributed by atoms with Gasteiger partial charge in [-0.3, -0.25) is 4.68 Å². The summed E-state index contributed by atoms with van der Waals surface area (Å²) in [5, 5.41) is 5.45. The van der Waals surface area contributed by atoms with Crippen LogP contribution in [-0.4, -0.2) is 24.9 Å². The summed E-state index contributed by atoms with van der Waals surface area (Å²) in [6.07, 6.45) is 3.54. The lowest BCUT2D eigenvalue weighted by molar-refractivity contribution is 0.0757. The zero-order chi connectivity index (χ0) is 17.9. The highest BCUT2D eigenvalue weighted by Gasteiger charge is 2.25. The van der Waals surface area contributed by atoms with Gasteiger partial charge in [-0.1, -0.05) is 20.8 Å². The van der Waals surface area contributed by atoms with Crippen LogP contribution in [0.25, 0.3) is 10.9 Å². The molecule has 0 aliphatic rings. The highest BCUT2D eigenvalue weighted by atomic mass is 127. The standard InChI is InChI=1S/C18H27FIN2OSi/c1-18(2,3)16(23-24(4)5)8-6-7-11-22-15-10-9-13(19)12-14(15)17(20)21-22/h9-10,12,16H,6-8,11H2,1-5H3. The summed E-state index contributed by atoms with van der Waals surface area (Å²) >= 11 is 2.18. The fourth-order valence-electron chi connectivity index (χ4n) is 2.83. The van der Waals surface area contributed by atoms with Crippen molar-refractivity contribution in [1.82, 2.24) is 9.78 Å². The molecule has 24 heavy (non-hydrogen) atoms. The van der Waals surface area contributed by atoms with E-state index in [0.29, 0.717) is 6.10 Å². The van der Waals surface area contributed by atoms with Crippen LogP contribution in [0.4, 0.5) is 4.39 Å². The Morgan fingerprint density at radius 3 is 2.62 bits per heavy atom. The van der Waals surface area contributed by atoms with Crippen LogP contribution in [-0.2, 0) is 11.0 Å². The molecule has 0 aliphatic heterocycles. The van der Waals surface area contributed by atoms with E-state index in [2.05, 4.69) is 61.6 Å². The Kier molecular flexibility index (Phi) is 6.84. The second-order valence-corrected chi connectivity index (χ2v) is 10.6. The molecular formula is C18H27FIN2OSi. The van der Waals surface area contributed by atoms with Crippen LogP contribution in [0.5, 0.6) is 0 Å². The molecular weight excluding hydrogens is 434 g/mol. The number of hydrogen-bond acceptors (Lipinski definition) is 2. The van der Waals surface area contributed by atoms with Gasteiger partial charge in [0.15, 0.2) is 0 Å². The molecule has 2 rings (SSSR count). The molecule has 3 nitrogen and oxygen atoms in total. The number of halogens is 2. The van der Waals surface area contributed by atoms with E-state index in [1.165, 1.54) is 6.07 Å². The molecule has 1 atom stereocenters. The van der Waals surface area contributed by atoms with Crippen molar-refractivity contribution in [2.45, 2.75) is 65.8 Å². The summed E-state index contributed by atoms with van der Waals surface area (Å²) in [7, 11) is -0.687. The molecule has 1 radical (unpaired) electrons. The summed E-state index contributed by atoms with van der Waals surface area (Å²) in [5.41, 5.74) is 1.18. The van der Waals surface area contributed by atoms with Gasteiger partial charge in [-0.2, -0.15) is 5.10 Å². The van der Waals surface area contributed by atoms with Crippen molar-refractivity contribution in [2.75, 3.05) is 0 Å². The van der Waals surface area contributed by atoms with E-state index < -0.39 is 9.04 Å². The molecule has 0 bridgehead atoms. The van der Waals surface area contributed by atoms with Crippen molar-refractivity contribution in [3.63, 3.8) is 0 Å². The molecule has 0 spiro atoms. The monoisotopic (exact) mass is 461 g/mol. The minimum absolute atomic E-state index is 0.174. The fraction of sp³-hybridized carbons (Fsp3) is 0.611. The molecule has 1 heterocycles. The smallest absolute Gasteiger partial charge is 0.205 e. The lowest BCUT2D eigenvalue weighted by Gasteiger charge is -2.32. The number of rotatable bonds is 7. The van der Waals surface area contributed by atoms with Crippen molar-refractivity contribution >= 4 is 42.5 Å². The number of benzene rings is 1. The highest BCUT2D eigenvalue weighted by molar-refractivity contribution is 14.1. The summed E-state index contributed by atoms with van der Waals surface area (Å²) in [4.78, 5) is 0. The number of unbranched alkanes of at least 4 members (excludes halogenated alkanes) is 1. The SMILES string of the molecule is C[Si](C)OC(CCCCn1nc(I)c2cc(F)ccc21)C(C)(C)C. The van der Waals surface area contributed by atoms with Gasteiger partial charge in [0.25, 0.3) is 0 Å². The van der Waals surface area contributed by atoms with E-state index in [1.807, 2.05) is 10.7 Å². The Balaban J connectivity index is 1.94. The molecule has 0 saturated heterocycles. The third kappa shape index (κ3) is 5.26. The zero-order valence-electron chi connectivity index (χ0n) is 15.2. The van der Waals surface area contributed by atoms with Crippen LogP contribution < -0.4 is 0 Å². The van der Waals surface area contributed by atoms with Gasteiger partial charge in [0.05, 0.1) is 5.52 Å². The fourth-order valence-corrected chi connectivity index (χ4v) is 4.56. The van der Waals surface area contributed by atoms with Gasteiger partial charge in [-0.15, -0.1) is 0 Å².